The van der Waals surface area contributed by atoms with Gasteiger partial charge in [-0.15, -0.1) is 0 Å². The van der Waals surface area contributed by atoms with Crippen molar-refractivity contribution >= 4 is 5.97 Å². The zero-order chi connectivity index (χ0) is 7.72. The molecule has 0 spiro atoms. The molecule has 0 aromatic heterocycles. The zero-order valence-corrected chi connectivity index (χ0v) is 6.55. The van der Waals surface area contributed by atoms with Crippen LogP contribution >= 0.6 is 0 Å². The third-order valence-electron chi connectivity index (χ3n) is 2.06. The number of esters is 1. The molecule has 0 aromatic rings. The average molecular weight is 140 g/mol. The third kappa shape index (κ3) is 0.939. The summed E-state index contributed by atoms with van der Waals surface area (Å²) in [5.74, 6) is 0.382. The van der Waals surface area contributed by atoms with Crippen LogP contribution in [0.25, 0.3) is 0 Å². The van der Waals surface area contributed by atoms with Crippen LogP contribution in [0.2, 0.25) is 0 Å². The van der Waals surface area contributed by atoms with Crippen LogP contribution in [-0.2, 0) is 9.53 Å². The van der Waals surface area contributed by atoms with E-state index in [-0.39, 0.29) is 11.9 Å². The van der Waals surface area contributed by atoms with Gasteiger partial charge in [0.05, 0.1) is 13.0 Å². The van der Waals surface area contributed by atoms with Crippen molar-refractivity contribution in [3.05, 3.63) is 11.6 Å². The van der Waals surface area contributed by atoms with E-state index in [0.29, 0.717) is 5.92 Å². The first-order valence-electron chi connectivity index (χ1n) is 3.46. The number of rotatable bonds is 1. The number of hydrogen-bond acceptors (Lipinski definition) is 2. The molecule has 56 valence electrons. The van der Waals surface area contributed by atoms with Crippen molar-refractivity contribution in [2.75, 3.05) is 7.11 Å². The fourth-order valence-electron chi connectivity index (χ4n) is 1.33. The number of ether oxygens (including phenoxy) is 1. The van der Waals surface area contributed by atoms with Crippen LogP contribution < -0.4 is 0 Å². The van der Waals surface area contributed by atoms with Crippen LogP contribution in [0, 0.1) is 11.8 Å². The van der Waals surface area contributed by atoms with Crippen molar-refractivity contribution in [3.8, 4) is 0 Å². The molecule has 1 fully saturated rings. The molecule has 2 atom stereocenters. The Morgan fingerprint density at radius 2 is 2.30 bits per heavy atom. The van der Waals surface area contributed by atoms with E-state index in [4.69, 9.17) is 0 Å². The minimum Gasteiger partial charge on any atom is -0.469 e. The second-order valence-corrected chi connectivity index (χ2v) is 2.58. The molecular weight excluding hydrogens is 128 g/mol. The second kappa shape index (κ2) is 2.45. The van der Waals surface area contributed by atoms with Gasteiger partial charge in [-0.05, 0) is 12.8 Å². The fourth-order valence-corrected chi connectivity index (χ4v) is 1.33. The highest BCUT2D eigenvalue weighted by Gasteiger charge is 2.45. The van der Waals surface area contributed by atoms with Crippen LogP contribution in [0.15, 0.2) is 11.6 Å². The summed E-state index contributed by atoms with van der Waals surface area (Å²) in [6, 6.07) is 0. The largest absolute Gasteiger partial charge is 0.469 e. The minimum atomic E-state index is -0.0967. The number of allylic oxidation sites excluding steroid dienone is 1. The highest BCUT2D eigenvalue weighted by atomic mass is 16.5. The van der Waals surface area contributed by atoms with Crippen molar-refractivity contribution in [2.45, 2.75) is 13.8 Å². The highest BCUT2D eigenvalue weighted by molar-refractivity contribution is 5.81. The predicted octanol–water partition coefficient (Wildman–Crippen LogP) is 1.37. The summed E-state index contributed by atoms with van der Waals surface area (Å²) in [7, 11) is 1.43. The summed E-state index contributed by atoms with van der Waals surface area (Å²) in [5, 5.41) is 0. The molecule has 0 N–H and O–H groups in total. The van der Waals surface area contributed by atoms with Crippen LogP contribution in [-0.4, -0.2) is 13.1 Å². The maximum atomic E-state index is 10.9. The van der Waals surface area contributed by atoms with Crippen molar-refractivity contribution in [1.29, 1.82) is 0 Å². The first-order valence-corrected chi connectivity index (χ1v) is 3.46. The Kier molecular flexibility index (Phi) is 1.79. The van der Waals surface area contributed by atoms with Crippen molar-refractivity contribution in [2.24, 2.45) is 11.8 Å². The summed E-state index contributed by atoms with van der Waals surface area (Å²) in [5.41, 5.74) is 1.21. The summed E-state index contributed by atoms with van der Waals surface area (Å²) < 4.78 is 4.60. The van der Waals surface area contributed by atoms with Gasteiger partial charge in [0, 0.05) is 0 Å². The Morgan fingerprint density at radius 1 is 1.70 bits per heavy atom. The Balaban J connectivity index is 2.57. The first-order chi connectivity index (χ1) is 4.72. The summed E-state index contributed by atoms with van der Waals surface area (Å²) in [4.78, 5) is 10.9. The van der Waals surface area contributed by atoms with E-state index < -0.39 is 0 Å². The van der Waals surface area contributed by atoms with Gasteiger partial charge in [-0.1, -0.05) is 18.6 Å². The summed E-state index contributed by atoms with van der Waals surface area (Å²) >= 11 is 0. The molecule has 0 aromatic carbocycles. The smallest absolute Gasteiger partial charge is 0.313 e. The van der Waals surface area contributed by atoms with E-state index in [2.05, 4.69) is 4.74 Å². The molecular formula is C8H12O2. The quantitative estimate of drug-likeness (QED) is 0.406. The number of carbonyl (C=O) groups excluding carboxylic acids is 1. The van der Waals surface area contributed by atoms with Gasteiger partial charge in [0.2, 0.25) is 0 Å². The lowest BCUT2D eigenvalue weighted by Gasteiger charge is -1.91. The maximum Gasteiger partial charge on any atom is 0.313 e. The van der Waals surface area contributed by atoms with Crippen LogP contribution in [0.3, 0.4) is 0 Å². The van der Waals surface area contributed by atoms with Crippen molar-refractivity contribution in [3.63, 3.8) is 0 Å². The van der Waals surface area contributed by atoms with Crippen molar-refractivity contribution < 1.29 is 9.53 Å². The van der Waals surface area contributed by atoms with E-state index in [1.54, 1.807) is 0 Å². The van der Waals surface area contributed by atoms with E-state index in [0.717, 1.165) is 0 Å². The Labute approximate surface area is 60.9 Å². The molecule has 2 heteroatoms. The molecule has 1 rings (SSSR count). The van der Waals surface area contributed by atoms with Crippen LogP contribution in [0.1, 0.15) is 13.8 Å². The first kappa shape index (κ1) is 7.32. The van der Waals surface area contributed by atoms with Gasteiger partial charge in [-0.3, -0.25) is 4.79 Å². The zero-order valence-electron chi connectivity index (χ0n) is 6.55. The van der Waals surface area contributed by atoms with Crippen LogP contribution in [0.5, 0.6) is 0 Å². The van der Waals surface area contributed by atoms with Gasteiger partial charge in [-0.25, -0.2) is 0 Å². The van der Waals surface area contributed by atoms with E-state index in [9.17, 15) is 4.79 Å². The molecule has 0 bridgehead atoms. The van der Waals surface area contributed by atoms with Gasteiger partial charge in [0.25, 0.3) is 0 Å². The Hall–Kier alpha value is -0.790. The Bertz CT molecular complexity index is 182. The maximum absolute atomic E-state index is 10.9. The minimum absolute atomic E-state index is 0.0648. The van der Waals surface area contributed by atoms with Gasteiger partial charge in [0.1, 0.15) is 0 Å². The molecule has 0 heterocycles. The van der Waals surface area contributed by atoms with Crippen molar-refractivity contribution in [1.82, 2.24) is 0 Å². The average Bonchev–Trinajstić information content (AvgIpc) is 2.59. The van der Waals surface area contributed by atoms with E-state index in [1.807, 2.05) is 19.9 Å². The standard InChI is InChI=1S/C8H12O2/c1-4-6-5(2)7(6)8(9)10-3/h4-5,7H,1-3H3/b6-4+/t5-,7-/m0/s1. The molecule has 10 heavy (non-hydrogen) atoms. The third-order valence-corrected chi connectivity index (χ3v) is 2.06. The normalized spacial score (nSPS) is 34.1. The molecule has 0 amide bonds. The predicted molar refractivity (Wildman–Crippen MR) is 38.4 cm³/mol. The Morgan fingerprint density at radius 3 is 2.60 bits per heavy atom. The molecule has 0 saturated heterocycles. The molecule has 1 aliphatic carbocycles. The fraction of sp³-hybridized carbons (Fsp3) is 0.625. The number of carbonyl (C=O) groups is 1. The van der Waals surface area contributed by atoms with Gasteiger partial charge in [-0.2, -0.15) is 0 Å². The number of hydrogen-bond donors (Lipinski definition) is 0. The lowest BCUT2D eigenvalue weighted by atomic mass is 10.3. The summed E-state index contributed by atoms with van der Waals surface area (Å²) in [6.45, 7) is 3.99. The monoisotopic (exact) mass is 140 g/mol. The second-order valence-electron chi connectivity index (χ2n) is 2.58. The molecule has 2 nitrogen and oxygen atoms in total. The molecule has 0 unspecified atom stereocenters. The highest BCUT2D eigenvalue weighted by Crippen LogP contribution is 2.45. The SMILES string of the molecule is C/C=C1/[C@@H](C(=O)OC)[C@H]1C. The lowest BCUT2D eigenvalue weighted by Crippen LogP contribution is -2.03. The molecule has 0 radical (unpaired) electrons. The van der Waals surface area contributed by atoms with Gasteiger partial charge < -0.3 is 4.74 Å². The summed E-state index contributed by atoms with van der Waals surface area (Å²) in [6.07, 6.45) is 1.99. The van der Waals surface area contributed by atoms with Gasteiger partial charge in [0.15, 0.2) is 0 Å². The molecule has 0 aliphatic heterocycles. The lowest BCUT2D eigenvalue weighted by molar-refractivity contribution is -0.142. The molecule has 1 aliphatic rings. The van der Waals surface area contributed by atoms with Gasteiger partial charge >= 0.3 is 5.97 Å². The topological polar surface area (TPSA) is 26.3 Å². The van der Waals surface area contributed by atoms with Crippen LogP contribution in [0.4, 0.5) is 0 Å². The van der Waals surface area contributed by atoms with E-state index in [1.165, 1.54) is 12.7 Å². The van der Waals surface area contributed by atoms with E-state index >= 15 is 0 Å². The number of methoxy groups -OCH3 is 1. The molecule has 1 saturated carbocycles.